The number of nitrogens with one attached hydrogen (secondary N) is 1. The number of nitrogens with zero attached hydrogens (tertiary/aromatic N) is 1. The first-order valence-corrected chi connectivity index (χ1v) is 7.79. The molecule has 1 heterocycles. The van der Waals surface area contributed by atoms with Crippen molar-refractivity contribution >= 4 is 11.6 Å². The van der Waals surface area contributed by atoms with Gasteiger partial charge in [0.1, 0.15) is 5.69 Å². The first-order valence-electron chi connectivity index (χ1n) is 7.79. The summed E-state index contributed by atoms with van der Waals surface area (Å²) in [7, 11) is 0. The van der Waals surface area contributed by atoms with Gasteiger partial charge in [0.15, 0.2) is 0 Å². The van der Waals surface area contributed by atoms with E-state index in [2.05, 4.69) is 40.6 Å². The molecular formula is C18H21N3O. The first-order chi connectivity index (χ1) is 10.7. The van der Waals surface area contributed by atoms with Gasteiger partial charge in [-0.25, -0.2) is 4.98 Å². The molecule has 3 rings (SSSR count). The standard InChI is InChI=1S/C18H21N3O/c19-15-8-11-17(20-12-15)18(22)21-16-9-6-14(7-10-16)13-4-2-1-3-5-13/h1-5,8,11-12,14,16H,6-7,9-10,19H2,(H,21,22). The van der Waals surface area contributed by atoms with Crippen LogP contribution in [0.4, 0.5) is 5.69 Å². The lowest BCUT2D eigenvalue weighted by atomic mass is 9.82. The molecule has 1 aliphatic rings. The minimum absolute atomic E-state index is 0.108. The van der Waals surface area contributed by atoms with Crippen LogP contribution in [0.15, 0.2) is 48.7 Å². The molecular weight excluding hydrogens is 274 g/mol. The van der Waals surface area contributed by atoms with Crippen molar-refractivity contribution in [2.24, 2.45) is 0 Å². The van der Waals surface area contributed by atoms with Gasteiger partial charge in [-0.1, -0.05) is 30.3 Å². The molecule has 1 aromatic heterocycles. The lowest BCUT2D eigenvalue weighted by molar-refractivity contribution is 0.0921. The van der Waals surface area contributed by atoms with Crippen LogP contribution in [0.3, 0.4) is 0 Å². The summed E-state index contributed by atoms with van der Waals surface area (Å²) in [4.78, 5) is 16.2. The maximum Gasteiger partial charge on any atom is 0.270 e. The first kappa shape index (κ1) is 14.6. The summed E-state index contributed by atoms with van der Waals surface area (Å²) in [6.07, 6.45) is 5.77. The molecule has 22 heavy (non-hydrogen) atoms. The second kappa shape index (κ2) is 6.60. The Hall–Kier alpha value is -2.36. The third kappa shape index (κ3) is 3.45. The molecule has 0 atom stereocenters. The summed E-state index contributed by atoms with van der Waals surface area (Å²) in [6, 6.07) is 14.2. The fourth-order valence-corrected chi connectivity index (χ4v) is 3.10. The highest BCUT2D eigenvalue weighted by Crippen LogP contribution is 2.32. The summed E-state index contributed by atoms with van der Waals surface area (Å²) >= 11 is 0. The van der Waals surface area contributed by atoms with Crippen LogP contribution in [0.2, 0.25) is 0 Å². The molecule has 114 valence electrons. The Kier molecular flexibility index (Phi) is 4.37. The lowest BCUT2D eigenvalue weighted by Crippen LogP contribution is -2.37. The lowest BCUT2D eigenvalue weighted by Gasteiger charge is -2.29. The fraction of sp³-hybridized carbons (Fsp3) is 0.333. The van der Waals surface area contributed by atoms with Gasteiger partial charge in [-0.15, -0.1) is 0 Å². The van der Waals surface area contributed by atoms with E-state index in [1.165, 1.54) is 11.8 Å². The van der Waals surface area contributed by atoms with Crippen LogP contribution in [0.1, 0.15) is 47.7 Å². The number of nitrogens with two attached hydrogens (primary N) is 1. The molecule has 0 aliphatic heterocycles. The molecule has 3 N–H and O–H groups in total. The Morgan fingerprint density at radius 3 is 2.41 bits per heavy atom. The maximum absolute atomic E-state index is 12.2. The van der Waals surface area contributed by atoms with Gasteiger partial charge in [0.2, 0.25) is 0 Å². The Balaban J connectivity index is 1.53. The number of hydrogen-bond acceptors (Lipinski definition) is 3. The normalized spacial score (nSPS) is 21.3. The minimum atomic E-state index is -0.108. The zero-order valence-electron chi connectivity index (χ0n) is 12.5. The van der Waals surface area contributed by atoms with Crippen LogP contribution in [-0.2, 0) is 0 Å². The number of nitrogen functional groups attached to an aromatic ring is 1. The van der Waals surface area contributed by atoms with Gasteiger partial charge < -0.3 is 11.1 Å². The van der Waals surface area contributed by atoms with Gasteiger partial charge in [-0.05, 0) is 49.3 Å². The molecule has 1 aliphatic carbocycles. The van der Waals surface area contributed by atoms with E-state index in [1.807, 2.05) is 0 Å². The summed E-state index contributed by atoms with van der Waals surface area (Å²) in [5.74, 6) is 0.507. The van der Waals surface area contributed by atoms with Crippen molar-refractivity contribution in [2.45, 2.75) is 37.6 Å². The van der Waals surface area contributed by atoms with Gasteiger partial charge in [0, 0.05) is 6.04 Å². The molecule has 1 amide bonds. The Morgan fingerprint density at radius 1 is 1.05 bits per heavy atom. The summed E-state index contributed by atoms with van der Waals surface area (Å²) in [5, 5.41) is 3.08. The van der Waals surface area contributed by atoms with Crippen molar-refractivity contribution in [3.63, 3.8) is 0 Å². The molecule has 4 nitrogen and oxygen atoms in total. The van der Waals surface area contributed by atoms with Crippen LogP contribution in [0.25, 0.3) is 0 Å². The minimum Gasteiger partial charge on any atom is -0.397 e. The molecule has 2 aromatic rings. The molecule has 0 bridgehead atoms. The van der Waals surface area contributed by atoms with Crippen molar-refractivity contribution in [2.75, 3.05) is 5.73 Å². The summed E-state index contributed by atoms with van der Waals surface area (Å²) in [6.45, 7) is 0. The number of anilines is 1. The Morgan fingerprint density at radius 2 is 1.77 bits per heavy atom. The van der Waals surface area contributed by atoms with E-state index in [-0.39, 0.29) is 11.9 Å². The molecule has 0 saturated heterocycles. The largest absolute Gasteiger partial charge is 0.397 e. The Labute approximate surface area is 130 Å². The van der Waals surface area contributed by atoms with E-state index in [1.54, 1.807) is 12.1 Å². The molecule has 0 spiro atoms. The summed E-state index contributed by atoms with van der Waals surface area (Å²) < 4.78 is 0. The van der Waals surface area contributed by atoms with E-state index in [4.69, 9.17) is 5.73 Å². The van der Waals surface area contributed by atoms with E-state index in [9.17, 15) is 4.79 Å². The molecule has 1 fully saturated rings. The average Bonchev–Trinajstić information content (AvgIpc) is 2.57. The molecule has 0 unspecified atom stereocenters. The van der Waals surface area contributed by atoms with Crippen molar-refractivity contribution in [3.8, 4) is 0 Å². The van der Waals surface area contributed by atoms with Gasteiger partial charge in [0.25, 0.3) is 5.91 Å². The zero-order chi connectivity index (χ0) is 15.4. The number of carbonyl (C=O) groups excluding carboxylic acids is 1. The summed E-state index contributed by atoms with van der Waals surface area (Å²) in [5.41, 5.74) is 8.00. The number of rotatable bonds is 3. The number of hydrogen-bond donors (Lipinski definition) is 2. The molecule has 1 saturated carbocycles. The Bertz CT molecular complexity index is 617. The SMILES string of the molecule is Nc1ccc(C(=O)NC2CCC(c3ccccc3)CC2)nc1. The molecule has 4 heteroatoms. The third-order valence-electron chi connectivity index (χ3n) is 4.35. The highest BCUT2D eigenvalue weighted by Gasteiger charge is 2.23. The van der Waals surface area contributed by atoms with E-state index in [0.717, 1.165) is 25.7 Å². The van der Waals surface area contributed by atoms with Crippen LogP contribution < -0.4 is 11.1 Å². The van der Waals surface area contributed by atoms with Crippen molar-refractivity contribution in [1.82, 2.24) is 10.3 Å². The fourth-order valence-electron chi connectivity index (χ4n) is 3.10. The van der Waals surface area contributed by atoms with Gasteiger partial charge >= 0.3 is 0 Å². The maximum atomic E-state index is 12.2. The zero-order valence-corrected chi connectivity index (χ0v) is 12.5. The predicted octanol–water partition coefficient (Wildman–Crippen LogP) is 3.12. The van der Waals surface area contributed by atoms with Crippen molar-refractivity contribution < 1.29 is 4.79 Å². The van der Waals surface area contributed by atoms with E-state index >= 15 is 0 Å². The number of amides is 1. The quantitative estimate of drug-likeness (QED) is 0.914. The van der Waals surface area contributed by atoms with Crippen molar-refractivity contribution in [1.29, 1.82) is 0 Å². The van der Waals surface area contributed by atoms with Gasteiger partial charge in [0.05, 0.1) is 11.9 Å². The topological polar surface area (TPSA) is 68.0 Å². The highest BCUT2D eigenvalue weighted by molar-refractivity contribution is 5.92. The van der Waals surface area contributed by atoms with Crippen LogP contribution >= 0.6 is 0 Å². The van der Waals surface area contributed by atoms with Gasteiger partial charge in [-0.3, -0.25) is 4.79 Å². The highest BCUT2D eigenvalue weighted by atomic mass is 16.1. The monoisotopic (exact) mass is 295 g/mol. The number of benzene rings is 1. The predicted molar refractivity (Wildman–Crippen MR) is 87.6 cm³/mol. The van der Waals surface area contributed by atoms with Crippen LogP contribution in [0.5, 0.6) is 0 Å². The second-order valence-electron chi connectivity index (χ2n) is 5.91. The number of pyridine rings is 1. The molecule has 0 radical (unpaired) electrons. The third-order valence-corrected chi connectivity index (χ3v) is 4.35. The number of aromatic nitrogens is 1. The van der Waals surface area contributed by atoms with E-state index < -0.39 is 0 Å². The van der Waals surface area contributed by atoms with Gasteiger partial charge in [-0.2, -0.15) is 0 Å². The smallest absolute Gasteiger partial charge is 0.270 e. The van der Waals surface area contributed by atoms with Crippen molar-refractivity contribution in [3.05, 3.63) is 59.9 Å². The average molecular weight is 295 g/mol. The molecule has 1 aromatic carbocycles. The van der Waals surface area contributed by atoms with Crippen LogP contribution in [0, 0.1) is 0 Å². The number of carbonyl (C=O) groups is 1. The second-order valence-corrected chi connectivity index (χ2v) is 5.91. The van der Waals surface area contributed by atoms with E-state index in [0.29, 0.717) is 17.3 Å². The van der Waals surface area contributed by atoms with Crippen LogP contribution in [-0.4, -0.2) is 16.9 Å².